The number of aromatic nitrogens is 5. The summed E-state index contributed by atoms with van der Waals surface area (Å²) in [5.74, 6) is -1.99. The third kappa shape index (κ3) is 4.50. The van der Waals surface area contributed by atoms with Gasteiger partial charge < -0.3 is 14.6 Å². The Hall–Kier alpha value is -2.82. The molecule has 10 heteroatoms. The molecule has 0 spiro atoms. The summed E-state index contributed by atoms with van der Waals surface area (Å²) in [6.45, 7) is 3.11. The second-order valence-corrected chi connectivity index (χ2v) is 6.94. The number of methoxy groups -OCH3 is 1. The fourth-order valence-electron chi connectivity index (χ4n) is 3.37. The molecule has 30 heavy (non-hydrogen) atoms. The van der Waals surface area contributed by atoms with Crippen molar-refractivity contribution in [3.8, 4) is 0 Å². The normalized spacial score (nSPS) is 15.5. The SMILES string of the molecule is COC(O)CO[C@@](Cn1cncn1)(c1ccc(C)cc1F)[C@H](C)c1ncncc1F. The van der Waals surface area contributed by atoms with E-state index in [1.165, 1.54) is 36.8 Å². The summed E-state index contributed by atoms with van der Waals surface area (Å²) < 4.78 is 42.3. The molecule has 2 heterocycles. The maximum atomic E-state index is 15.2. The third-order valence-corrected chi connectivity index (χ3v) is 5.01. The van der Waals surface area contributed by atoms with Crippen molar-refractivity contribution in [1.82, 2.24) is 24.7 Å². The van der Waals surface area contributed by atoms with Crippen LogP contribution in [0.3, 0.4) is 0 Å². The van der Waals surface area contributed by atoms with Gasteiger partial charge in [-0.1, -0.05) is 19.1 Å². The van der Waals surface area contributed by atoms with Crippen LogP contribution in [0.4, 0.5) is 8.78 Å². The third-order valence-electron chi connectivity index (χ3n) is 5.01. The van der Waals surface area contributed by atoms with E-state index in [9.17, 15) is 9.50 Å². The number of hydrogen-bond donors (Lipinski definition) is 1. The van der Waals surface area contributed by atoms with Crippen molar-refractivity contribution in [3.05, 3.63) is 71.8 Å². The van der Waals surface area contributed by atoms with Gasteiger partial charge in [0.05, 0.1) is 25.0 Å². The zero-order valence-corrected chi connectivity index (χ0v) is 16.9. The molecular formula is C20H23F2N5O3. The van der Waals surface area contributed by atoms with Gasteiger partial charge in [-0.3, -0.25) is 0 Å². The average Bonchev–Trinajstić information content (AvgIpc) is 3.24. The van der Waals surface area contributed by atoms with Crippen molar-refractivity contribution in [1.29, 1.82) is 0 Å². The highest BCUT2D eigenvalue weighted by Crippen LogP contribution is 2.43. The average molecular weight is 419 g/mol. The summed E-state index contributed by atoms with van der Waals surface area (Å²) in [5, 5.41) is 14.0. The summed E-state index contributed by atoms with van der Waals surface area (Å²) >= 11 is 0. The minimum Gasteiger partial charge on any atom is -0.366 e. The largest absolute Gasteiger partial charge is 0.366 e. The van der Waals surface area contributed by atoms with Crippen LogP contribution >= 0.6 is 0 Å². The number of halogens is 2. The molecule has 1 unspecified atom stereocenters. The van der Waals surface area contributed by atoms with Crippen LogP contribution in [0.15, 0.2) is 43.4 Å². The van der Waals surface area contributed by atoms with Crippen LogP contribution in [0.2, 0.25) is 0 Å². The van der Waals surface area contributed by atoms with Gasteiger partial charge in [0.1, 0.15) is 30.4 Å². The first-order valence-corrected chi connectivity index (χ1v) is 9.26. The van der Waals surface area contributed by atoms with E-state index < -0.39 is 29.4 Å². The molecule has 160 valence electrons. The Kier molecular flexibility index (Phi) is 6.80. The lowest BCUT2D eigenvalue weighted by Crippen LogP contribution is -2.43. The summed E-state index contributed by atoms with van der Waals surface area (Å²) in [7, 11) is 1.31. The number of benzene rings is 1. The van der Waals surface area contributed by atoms with Gasteiger partial charge in [-0.2, -0.15) is 5.10 Å². The van der Waals surface area contributed by atoms with Crippen LogP contribution in [0, 0.1) is 18.6 Å². The number of hydrogen-bond acceptors (Lipinski definition) is 7. The Bertz CT molecular complexity index is 973. The minimum absolute atomic E-state index is 0.0198. The molecule has 1 N–H and O–H groups in total. The Morgan fingerprint density at radius 1 is 1.20 bits per heavy atom. The molecule has 0 aliphatic heterocycles. The van der Waals surface area contributed by atoms with Gasteiger partial charge in [0, 0.05) is 18.6 Å². The predicted molar refractivity (Wildman–Crippen MR) is 102 cm³/mol. The maximum absolute atomic E-state index is 15.2. The van der Waals surface area contributed by atoms with Crippen molar-refractivity contribution in [2.24, 2.45) is 0 Å². The van der Waals surface area contributed by atoms with Crippen LogP contribution in [-0.2, 0) is 21.6 Å². The van der Waals surface area contributed by atoms with Gasteiger partial charge in [-0.15, -0.1) is 0 Å². The fourth-order valence-corrected chi connectivity index (χ4v) is 3.37. The Morgan fingerprint density at radius 2 is 2.00 bits per heavy atom. The molecule has 2 aromatic heterocycles. The second-order valence-electron chi connectivity index (χ2n) is 6.94. The topological polar surface area (TPSA) is 95.2 Å². The van der Waals surface area contributed by atoms with Crippen LogP contribution in [0.25, 0.3) is 0 Å². The zero-order valence-electron chi connectivity index (χ0n) is 16.9. The van der Waals surface area contributed by atoms with E-state index in [0.717, 1.165) is 6.20 Å². The molecule has 0 saturated heterocycles. The minimum atomic E-state index is -1.50. The van der Waals surface area contributed by atoms with Crippen LogP contribution in [0.5, 0.6) is 0 Å². The van der Waals surface area contributed by atoms with E-state index in [-0.39, 0.29) is 24.4 Å². The number of aliphatic hydroxyl groups excluding tert-OH is 1. The summed E-state index contributed by atoms with van der Waals surface area (Å²) in [6.07, 6.45) is 3.76. The highest BCUT2D eigenvalue weighted by molar-refractivity contribution is 5.32. The highest BCUT2D eigenvalue weighted by Gasteiger charge is 2.45. The van der Waals surface area contributed by atoms with E-state index >= 15 is 4.39 Å². The van der Waals surface area contributed by atoms with Gasteiger partial charge >= 0.3 is 0 Å². The van der Waals surface area contributed by atoms with Crippen molar-refractivity contribution < 1.29 is 23.4 Å². The van der Waals surface area contributed by atoms with Crippen molar-refractivity contribution in [2.45, 2.75) is 38.2 Å². The van der Waals surface area contributed by atoms with Crippen molar-refractivity contribution >= 4 is 0 Å². The number of aryl methyl sites for hydroxylation is 1. The lowest BCUT2D eigenvalue weighted by molar-refractivity contribution is -0.174. The van der Waals surface area contributed by atoms with Crippen LogP contribution in [0.1, 0.15) is 29.7 Å². The first kappa shape index (κ1) is 21.9. The summed E-state index contributed by atoms with van der Waals surface area (Å²) in [4.78, 5) is 11.7. The van der Waals surface area contributed by atoms with Gasteiger partial charge in [0.2, 0.25) is 0 Å². The Labute approximate surface area is 172 Å². The van der Waals surface area contributed by atoms with Gasteiger partial charge in [0.15, 0.2) is 12.1 Å². The molecule has 0 bridgehead atoms. The number of ether oxygens (including phenoxy) is 2. The molecule has 0 saturated carbocycles. The quantitative estimate of drug-likeness (QED) is 0.532. The summed E-state index contributed by atoms with van der Waals surface area (Å²) in [6, 6.07) is 4.68. The molecule has 1 aromatic carbocycles. The fraction of sp³-hybridized carbons (Fsp3) is 0.400. The van der Waals surface area contributed by atoms with E-state index in [2.05, 4.69) is 20.1 Å². The standard InChI is InChI=1S/C20H23F2N5O3/c1-13-4-5-15(16(21)6-13)20(30-8-18(28)29-3,9-27-12-24-11-26-27)14(2)19-17(22)7-23-10-25-19/h4-7,10-12,14,18,28H,8-9H2,1-3H3/t14-,18?,20-/m1/s1. The van der Waals surface area contributed by atoms with Gasteiger partial charge in [0.25, 0.3) is 0 Å². The van der Waals surface area contributed by atoms with Crippen molar-refractivity contribution in [2.75, 3.05) is 13.7 Å². The van der Waals surface area contributed by atoms with Crippen molar-refractivity contribution in [3.63, 3.8) is 0 Å². The lowest BCUT2D eigenvalue weighted by atomic mass is 9.79. The molecule has 8 nitrogen and oxygen atoms in total. The van der Waals surface area contributed by atoms with E-state index in [0.29, 0.717) is 5.56 Å². The smallest absolute Gasteiger partial charge is 0.177 e. The molecule has 0 aliphatic carbocycles. The van der Waals surface area contributed by atoms with E-state index in [1.54, 1.807) is 26.0 Å². The molecule has 3 atom stereocenters. The predicted octanol–water partition coefficient (Wildman–Crippen LogP) is 2.34. The lowest BCUT2D eigenvalue weighted by Gasteiger charge is -2.40. The van der Waals surface area contributed by atoms with Gasteiger partial charge in [-0.05, 0) is 18.6 Å². The number of aliphatic hydroxyl groups is 1. The molecule has 0 aliphatic rings. The first-order valence-electron chi connectivity index (χ1n) is 9.26. The maximum Gasteiger partial charge on any atom is 0.177 e. The summed E-state index contributed by atoms with van der Waals surface area (Å²) in [5.41, 5.74) is -0.585. The Balaban J connectivity index is 2.20. The molecule has 0 fully saturated rings. The highest BCUT2D eigenvalue weighted by atomic mass is 19.1. The molecular weight excluding hydrogens is 396 g/mol. The second kappa shape index (κ2) is 9.33. The van der Waals surface area contributed by atoms with E-state index in [4.69, 9.17) is 9.47 Å². The van der Waals surface area contributed by atoms with Gasteiger partial charge in [-0.25, -0.2) is 28.4 Å². The first-order chi connectivity index (χ1) is 14.4. The van der Waals surface area contributed by atoms with Crippen LogP contribution in [-0.4, -0.2) is 49.8 Å². The molecule has 3 aromatic rings. The molecule has 3 rings (SSSR count). The number of rotatable bonds is 9. The number of nitrogens with zero attached hydrogens (tertiary/aromatic N) is 5. The monoisotopic (exact) mass is 419 g/mol. The zero-order chi connectivity index (χ0) is 21.7. The van der Waals surface area contributed by atoms with E-state index in [1.807, 2.05) is 0 Å². The molecule has 0 amide bonds. The van der Waals surface area contributed by atoms with Crippen LogP contribution < -0.4 is 0 Å². The Morgan fingerprint density at radius 3 is 2.63 bits per heavy atom. The molecule has 0 radical (unpaired) electrons.